The molecular formula is C17H14ClFN2O4. The van der Waals surface area contributed by atoms with Crippen LogP contribution in [0.25, 0.3) is 0 Å². The number of nitrogens with one attached hydrogen (secondary N) is 2. The molecule has 6 nitrogen and oxygen atoms in total. The van der Waals surface area contributed by atoms with Crippen molar-refractivity contribution < 1.29 is 13.9 Å². The molecule has 8 heteroatoms. The summed E-state index contributed by atoms with van der Waals surface area (Å²) in [5, 5.41) is 5.69. The maximum Gasteiger partial charge on any atom is 0.272 e. The Morgan fingerprint density at radius 3 is 2.52 bits per heavy atom. The van der Waals surface area contributed by atoms with Gasteiger partial charge in [0, 0.05) is 10.6 Å². The second-order valence-electron chi connectivity index (χ2n) is 6.40. The maximum absolute atomic E-state index is 14.5. The summed E-state index contributed by atoms with van der Waals surface area (Å²) in [6, 6.07) is 1.13. The quantitative estimate of drug-likeness (QED) is 0.817. The fourth-order valence-electron chi connectivity index (χ4n) is 3.94. The highest BCUT2D eigenvalue weighted by atomic mass is 35.5. The van der Waals surface area contributed by atoms with Gasteiger partial charge in [-0.25, -0.2) is 4.39 Å². The molecule has 0 bridgehead atoms. The van der Waals surface area contributed by atoms with Crippen LogP contribution in [-0.4, -0.2) is 13.0 Å². The average Bonchev–Trinajstić information content (AvgIpc) is 3.15. The summed E-state index contributed by atoms with van der Waals surface area (Å²) in [4.78, 5) is 35.8. The first-order valence-electron chi connectivity index (χ1n) is 7.89. The van der Waals surface area contributed by atoms with E-state index in [0.717, 1.165) is 31.7 Å². The minimum Gasteiger partial charge on any atom is -0.491 e. The lowest BCUT2D eigenvalue weighted by atomic mass is 9.88. The smallest absolute Gasteiger partial charge is 0.272 e. The summed E-state index contributed by atoms with van der Waals surface area (Å²) in [6.07, 6.45) is 3.31. The lowest BCUT2D eigenvalue weighted by Gasteiger charge is -2.25. The van der Waals surface area contributed by atoms with Crippen LogP contribution < -0.4 is 26.2 Å². The summed E-state index contributed by atoms with van der Waals surface area (Å²) in [5.41, 5.74) is -1.87. The van der Waals surface area contributed by atoms with Gasteiger partial charge in [-0.3, -0.25) is 14.4 Å². The molecule has 0 saturated heterocycles. The molecule has 0 unspecified atom stereocenters. The minimum absolute atomic E-state index is 0.0852. The molecule has 130 valence electrons. The lowest BCUT2D eigenvalue weighted by Crippen LogP contribution is -2.36. The Kier molecular flexibility index (Phi) is 3.40. The Bertz CT molecular complexity index is 988. The topological polar surface area (TPSA) is 84.5 Å². The number of amides is 1. The van der Waals surface area contributed by atoms with Gasteiger partial charge in [0.05, 0.1) is 23.9 Å². The van der Waals surface area contributed by atoms with Crippen molar-refractivity contribution in [2.75, 3.05) is 12.4 Å². The normalized spacial score (nSPS) is 17.8. The number of hydrogen-bond acceptors (Lipinski definition) is 5. The highest BCUT2D eigenvalue weighted by Gasteiger charge is 2.48. The van der Waals surface area contributed by atoms with Gasteiger partial charge in [0.2, 0.25) is 0 Å². The van der Waals surface area contributed by atoms with E-state index in [1.807, 2.05) is 0 Å². The fraction of sp³-hybridized carbons (Fsp3) is 0.353. The largest absolute Gasteiger partial charge is 0.491 e. The van der Waals surface area contributed by atoms with Crippen LogP contribution in [0.2, 0.25) is 5.02 Å². The molecule has 1 spiro atoms. The molecule has 4 rings (SSSR count). The molecular weight excluding hydrogens is 351 g/mol. The molecule has 1 saturated carbocycles. The van der Waals surface area contributed by atoms with Crippen molar-refractivity contribution >= 4 is 28.9 Å². The third-order valence-corrected chi connectivity index (χ3v) is 5.37. The highest BCUT2D eigenvalue weighted by Crippen LogP contribution is 2.49. The van der Waals surface area contributed by atoms with E-state index in [1.54, 1.807) is 0 Å². The molecule has 1 fully saturated rings. The van der Waals surface area contributed by atoms with Gasteiger partial charge in [0.1, 0.15) is 11.5 Å². The zero-order valence-corrected chi connectivity index (χ0v) is 14.1. The molecule has 2 aliphatic rings. The van der Waals surface area contributed by atoms with Crippen LogP contribution in [0.5, 0.6) is 5.75 Å². The second kappa shape index (κ2) is 5.29. The predicted octanol–water partition coefficient (Wildman–Crippen LogP) is 2.34. The van der Waals surface area contributed by atoms with E-state index >= 15 is 0 Å². The van der Waals surface area contributed by atoms with E-state index in [0.29, 0.717) is 5.56 Å². The van der Waals surface area contributed by atoms with Crippen LogP contribution in [0, 0.1) is 5.82 Å². The van der Waals surface area contributed by atoms with Crippen molar-refractivity contribution in [3.8, 4) is 5.75 Å². The Morgan fingerprint density at radius 2 is 1.88 bits per heavy atom. The van der Waals surface area contributed by atoms with Gasteiger partial charge in [-0.1, -0.05) is 24.4 Å². The van der Waals surface area contributed by atoms with Crippen LogP contribution >= 0.6 is 11.6 Å². The van der Waals surface area contributed by atoms with Crippen LogP contribution in [0.15, 0.2) is 15.7 Å². The molecule has 1 aliphatic carbocycles. The van der Waals surface area contributed by atoms with E-state index in [4.69, 9.17) is 16.3 Å². The van der Waals surface area contributed by atoms with Gasteiger partial charge in [-0.05, 0) is 18.9 Å². The van der Waals surface area contributed by atoms with E-state index < -0.39 is 28.1 Å². The fourth-order valence-corrected chi connectivity index (χ4v) is 4.31. The summed E-state index contributed by atoms with van der Waals surface area (Å²) in [6.45, 7) is 0. The number of carbonyl (C=O) groups excluding carboxylic acids is 1. The van der Waals surface area contributed by atoms with Gasteiger partial charge in [0.25, 0.3) is 16.8 Å². The van der Waals surface area contributed by atoms with Crippen LogP contribution in [-0.2, 0) is 5.54 Å². The van der Waals surface area contributed by atoms with Crippen LogP contribution in [0.1, 0.15) is 41.6 Å². The molecule has 2 aromatic rings. The Morgan fingerprint density at radius 1 is 1.20 bits per heavy atom. The SMILES string of the molecule is COc1c(Nc2c(F)cc(Cl)c3c2C(=O)NC32CCCC2)c(=O)c1=O. The zero-order chi connectivity index (χ0) is 17.9. The third-order valence-electron chi connectivity index (χ3n) is 5.07. The molecule has 1 aliphatic heterocycles. The minimum atomic E-state index is -0.811. The van der Waals surface area contributed by atoms with Gasteiger partial charge in [0.15, 0.2) is 5.75 Å². The standard InChI is InChI=1S/C17H14ClFN2O4/c1-25-15-12(13(22)14(15)23)20-11-8(19)6-7(18)10-9(11)16(24)21-17(10)4-2-3-5-17/h6,20H,2-5H2,1H3,(H,21,24). The predicted molar refractivity (Wildman–Crippen MR) is 90.2 cm³/mol. The van der Waals surface area contributed by atoms with Gasteiger partial charge < -0.3 is 15.4 Å². The van der Waals surface area contributed by atoms with Crippen molar-refractivity contribution in [2.24, 2.45) is 0 Å². The van der Waals surface area contributed by atoms with Gasteiger partial charge in [-0.15, -0.1) is 0 Å². The number of methoxy groups -OCH3 is 1. The Hall–Kier alpha value is -2.41. The third kappa shape index (κ3) is 2.05. The summed E-state index contributed by atoms with van der Waals surface area (Å²) in [5.74, 6) is -1.40. The molecule has 1 amide bonds. The van der Waals surface area contributed by atoms with E-state index in [1.165, 1.54) is 7.11 Å². The number of halogens is 2. The molecule has 25 heavy (non-hydrogen) atoms. The lowest BCUT2D eigenvalue weighted by molar-refractivity contribution is 0.0931. The summed E-state index contributed by atoms with van der Waals surface area (Å²) in [7, 11) is 1.24. The van der Waals surface area contributed by atoms with E-state index in [2.05, 4.69) is 10.6 Å². The molecule has 0 aromatic heterocycles. The number of anilines is 2. The van der Waals surface area contributed by atoms with E-state index in [9.17, 15) is 18.8 Å². The number of carbonyl (C=O) groups is 1. The number of fused-ring (bicyclic) bond motifs is 2. The van der Waals surface area contributed by atoms with Crippen molar-refractivity contribution in [2.45, 2.75) is 31.2 Å². The molecule has 0 atom stereocenters. The molecule has 2 aromatic carbocycles. The Labute approximate surface area is 146 Å². The summed E-state index contributed by atoms with van der Waals surface area (Å²) < 4.78 is 19.4. The van der Waals surface area contributed by atoms with Gasteiger partial charge in [-0.2, -0.15) is 0 Å². The van der Waals surface area contributed by atoms with E-state index in [-0.39, 0.29) is 27.7 Å². The maximum atomic E-state index is 14.5. The first-order valence-corrected chi connectivity index (χ1v) is 8.27. The average molecular weight is 365 g/mol. The van der Waals surface area contributed by atoms with Crippen molar-refractivity contribution in [1.29, 1.82) is 0 Å². The number of benzene rings is 1. The number of hydrogen-bond donors (Lipinski definition) is 2. The van der Waals surface area contributed by atoms with Crippen LogP contribution in [0.4, 0.5) is 15.8 Å². The molecule has 1 heterocycles. The Balaban J connectivity index is 1.89. The summed E-state index contributed by atoms with van der Waals surface area (Å²) >= 11 is 6.26. The molecule has 0 radical (unpaired) electrons. The van der Waals surface area contributed by atoms with Crippen molar-refractivity contribution in [1.82, 2.24) is 5.32 Å². The van der Waals surface area contributed by atoms with Crippen molar-refractivity contribution in [3.05, 3.63) is 48.5 Å². The van der Waals surface area contributed by atoms with Gasteiger partial charge >= 0.3 is 0 Å². The van der Waals surface area contributed by atoms with Crippen molar-refractivity contribution in [3.63, 3.8) is 0 Å². The second-order valence-corrected chi connectivity index (χ2v) is 6.81. The monoisotopic (exact) mass is 364 g/mol. The number of ether oxygens (including phenoxy) is 1. The number of rotatable bonds is 3. The first-order chi connectivity index (χ1) is 11.9. The highest BCUT2D eigenvalue weighted by molar-refractivity contribution is 6.32. The first kappa shape index (κ1) is 16.1. The molecule has 2 N–H and O–H groups in total. The van der Waals surface area contributed by atoms with Crippen LogP contribution in [0.3, 0.4) is 0 Å². The zero-order valence-electron chi connectivity index (χ0n) is 13.3.